The fraction of sp³-hybridized carbons (Fsp3) is 0.211. The van der Waals surface area contributed by atoms with E-state index in [1.165, 1.54) is 27.5 Å². The van der Waals surface area contributed by atoms with Crippen LogP contribution in [0, 0.1) is 3.57 Å². The van der Waals surface area contributed by atoms with E-state index in [9.17, 15) is 0 Å². The van der Waals surface area contributed by atoms with Crippen molar-refractivity contribution in [3.63, 3.8) is 0 Å². The maximum atomic E-state index is 4.99. The van der Waals surface area contributed by atoms with Gasteiger partial charge < -0.3 is 5.32 Å². The Hall–Kier alpha value is -1.34. The second-order valence-corrected chi connectivity index (χ2v) is 8.12. The number of nitrogens with one attached hydrogen (secondary N) is 1. The predicted octanol–water partition coefficient (Wildman–Crippen LogP) is 5.65. The average Bonchev–Trinajstić information content (AvgIpc) is 2.76. The van der Waals surface area contributed by atoms with Gasteiger partial charge in [-0.2, -0.15) is 5.10 Å². The van der Waals surface area contributed by atoms with Crippen LogP contribution in [-0.2, 0) is 6.42 Å². The van der Waals surface area contributed by atoms with Crippen molar-refractivity contribution < 1.29 is 0 Å². The number of aromatic nitrogens is 2. The third kappa shape index (κ3) is 3.11. The second kappa shape index (κ2) is 6.88. The summed E-state index contributed by atoms with van der Waals surface area (Å²) in [5, 5.41) is 8.59. The van der Waals surface area contributed by atoms with Gasteiger partial charge in [-0.05, 0) is 72.2 Å². The molecule has 0 radical (unpaired) electrons. The van der Waals surface area contributed by atoms with Crippen molar-refractivity contribution >= 4 is 44.3 Å². The van der Waals surface area contributed by atoms with Crippen LogP contribution in [0.2, 0.25) is 0 Å². The zero-order valence-electron chi connectivity index (χ0n) is 13.1. The van der Waals surface area contributed by atoms with E-state index in [1.54, 1.807) is 0 Å². The number of hydrogen-bond donors (Lipinski definition) is 1. The monoisotopic (exact) mass is 493 g/mol. The Morgan fingerprint density at radius 1 is 1.08 bits per heavy atom. The summed E-state index contributed by atoms with van der Waals surface area (Å²) in [6.07, 6.45) is 3.46. The van der Waals surface area contributed by atoms with Gasteiger partial charge >= 0.3 is 0 Å². The van der Waals surface area contributed by atoms with Crippen molar-refractivity contribution in [2.75, 3.05) is 11.9 Å². The third-order valence-electron chi connectivity index (χ3n) is 4.28. The molecule has 1 aromatic heterocycles. The molecule has 4 rings (SSSR count). The molecule has 0 amide bonds. The average molecular weight is 494 g/mol. The van der Waals surface area contributed by atoms with Gasteiger partial charge in [-0.15, -0.1) is 0 Å². The molecule has 0 bridgehead atoms. The third-order valence-corrected chi connectivity index (χ3v) is 5.44. The number of benzene rings is 2. The molecule has 0 atom stereocenters. The molecule has 0 fully saturated rings. The van der Waals surface area contributed by atoms with Crippen molar-refractivity contribution in [1.29, 1.82) is 0 Å². The first-order valence-corrected chi connectivity index (χ1v) is 9.97. The zero-order chi connectivity index (χ0) is 16.5. The number of nitrogens with zero attached hydrogens (tertiary/aromatic N) is 2. The first kappa shape index (κ1) is 16.1. The topological polar surface area (TPSA) is 29.9 Å². The highest BCUT2D eigenvalue weighted by atomic mass is 127. The molecular formula is C19H17BrIN3. The predicted molar refractivity (Wildman–Crippen MR) is 111 cm³/mol. The quantitative estimate of drug-likeness (QED) is 0.467. The molecule has 2 heterocycles. The Kier molecular flexibility index (Phi) is 4.63. The van der Waals surface area contributed by atoms with Crippen LogP contribution in [0.15, 0.2) is 53.0 Å². The lowest BCUT2D eigenvalue weighted by atomic mass is 10.0. The van der Waals surface area contributed by atoms with E-state index in [2.05, 4.69) is 91.0 Å². The second-order valence-electron chi connectivity index (χ2n) is 5.96. The molecule has 3 nitrogen and oxygen atoms in total. The molecule has 0 saturated carbocycles. The van der Waals surface area contributed by atoms with Crippen molar-refractivity contribution in [3.05, 3.63) is 62.1 Å². The van der Waals surface area contributed by atoms with E-state index in [0.717, 1.165) is 34.6 Å². The molecule has 0 saturated heterocycles. The molecule has 1 aliphatic rings. The van der Waals surface area contributed by atoms with Gasteiger partial charge in [-0.25, -0.2) is 4.68 Å². The molecule has 122 valence electrons. The standard InChI is InChI=1S/C19H17BrIN3/c20-14-6-4-8-16(12-14)24-19-17(9-1-2-10-22-19)18(23-24)13-5-3-7-15(21)11-13/h3-8,11-12,22H,1-2,9-10H2. The van der Waals surface area contributed by atoms with Crippen LogP contribution >= 0.6 is 38.5 Å². The van der Waals surface area contributed by atoms with Crippen LogP contribution in [-0.4, -0.2) is 16.3 Å². The summed E-state index contributed by atoms with van der Waals surface area (Å²) < 4.78 is 4.35. The summed E-state index contributed by atoms with van der Waals surface area (Å²) in [5.41, 5.74) is 4.69. The minimum absolute atomic E-state index is 0.998. The minimum Gasteiger partial charge on any atom is -0.370 e. The van der Waals surface area contributed by atoms with E-state index in [-0.39, 0.29) is 0 Å². The smallest absolute Gasteiger partial charge is 0.133 e. The van der Waals surface area contributed by atoms with Crippen LogP contribution < -0.4 is 5.32 Å². The fourth-order valence-corrected chi connectivity index (χ4v) is 4.09. The Morgan fingerprint density at radius 3 is 2.79 bits per heavy atom. The van der Waals surface area contributed by atoms with E-state index in [0.29, 0.717) is 0 Å². The normalized spacial score (nSPS) is 13.9. The number of hydrogen-bond acceptors (Lipinski definition) is 2. The molecule has 5 heteroatoms. The maximum Gasteiger partial charge on any atom is 0.133 e. The molecule has 2 aromatic carbocycles. The van der Waals surface area contributed by atoms with Crippen LogP contribution in [0.3, 0.4) is 0 Å². The Bertz CT molecular complexity index is 818. The van der Waals surface area contributed by atoms with Crippen molar-refractivity contribution in [2.24, 2.45) is 0 Å². The largest absolute Gasteiger partial charge is 0.370 e. The number of halogens is 2. The lowest BCUT2D eigenvalue weighted by molar-refractivity contribution is 0.780. The van der Waals surface area contributed by atoms with E-state index in [1.807, 2.05) is 6.07 Å². The van der Waals surface area contributed by atoms with Gasteiger partial charge in [0.15, 0.2) is 0 Å². The summed E-state index contributed by atoms with van der Waals surface area (Å²) in [6.45, 7) is 0.998. The summed E-state index contributed by atoms with van der Waals surface area (Å²) in [7, 11) is 0. The van der Waals surface area contributed by atoms with E-state index in [4.69, 9.17) is 5.10 Å². The first-order valence-electron chi connectivity index (χ1n) is 8.10. The number of anilines is 1. The van der Waals surface area contributed by atoms with Gasteiger partial charge in [-0.3, -0.25) is 0 Å². The summed E-state index contributed by atoms with van der Waals surface area (Å²) in [4.78, 5) is 0. The Morgan fingerprint density at radius 2 is 1.96 bits per heavy atom. The van der Waals surface area contributed by atoms with Crippen LogP contribution in [0.5, 0.6) is 0 Å². The SMILES string of the molecule is Brc1cccc(-n2nc(-c3cccc(I)c3)c3c2NCCCC3)c1. The highest BCUT2D eigenvalue weighted by Gasteiger charge is 2.21. The zero-order valence-corrected chi connectivity index (χ0v) is 16.8. The van der Waals surface area contributed by atoms with Gasteiger partial charge in [0.05, 0.1) is 11.4 Å². The molecule has 1 aliphatic heterocycles. The van der Waals surface area contributed by atoms with Gasteiger partial charge in [0.1, 0.15) is 5.82 Å². The van der Waals surface area contributed by atoms with Crippen LogP contribution in [0.1, 0.15) is 18.4 Å². The number of rotatable bonds is 2. The fourth-order valence-electron chi connectivity index (χ4n) is 3.16. The van der Waals surface area contributed by atoms with Crippen LogP contribution in [0.4, 0.5) is 5.82 Å². The molecule has 24 heavy (non-hydrogen) atoms. The highest BCUT2D eigenvalue weighted by Crippen LogP contribution is 2.34. The van der Waals surface area contributed by atoms with Crippen molar-refractivity contribution in [1.82, 2.24) is 9.78 Å². The molecule has 1 N–H and O–H groups in total. The molecular weight excluding hydrogens is 477 g/mol. The minimum atomic E-state index is 0.998. The summed E-state index contributed by atoms with van der Waals surface area (Å²) >= 11 is 5.93. The summed E-state index contributed by atoms with van der Waals surface area (Å²) in [5.74, 6) is 1.14. The highest BCUT2D eigenvalue weighted by molar-refractivity contribution is 14.1. The Balaban J connectivity index is 1.92. The molecule has 0 unspecified atom stereocenters. The molecule has 3 aromatic rings. The summed E-state index contributed by atoms with van der Waals surface area (Å²) in [6, 6.07) is 16.9. The van der Waals surface area contributed by atoms with Gasteiger partial charge in [-0.1, -0.05) is 34.1 Å². The van der Waals surface area contributed by atoms with Gasteiger partial charge in [0, 0.05) is 25.7 Å². The Labute approximate surface area is 163 Å². The number of fused-ring (bicyclic) bond motifs is 1. The molecule has 0 spiro atoms. The van der Waals surface area contributed by atoms with Crippen molar-refractivity contribution in [2.45, 2.75) is 19.3 Å². The maximum absolute atomic E-state index is 4.99. The van der Waals surface area contributed by atoms with Crippen LogP contribution in [0.25, 0.3) is 16.9 Å². The van der Waals surface area contributed by atoms with E-state index < -0.39 is 0 Å². The molecule has 0 aliphatic carbocycles. The van der Waals surface area contributed by atoms with Gasteiger partial charge in [0.25, 0.3) is 0 Å². The van der Waals surface area contributed by atoms with Gasteiger partial charge in [0.2, 0.25) is 0 Å². The first-order chi connectivity index (χ1) is 11.7. The lowest BCUT2D eigenvalue weighted by Gasteiger charge is -2.09. The van der Waals surface area contributed by atoms with E-state index >= 15 is 0 Å². The van der Waals surface area contributed by atoms with Crippen molar-refractivity contribution in [3.8, 4) is 16.9 Å². The lowest BCUT2D eigenvalue weighted by Crippen LogP contribution is -2.07.